The molecule has 0 saturated carbocycles. The van der Waals surface area contributed by atoms with Crippen molar-refractivity contribution in [3.05, 3.63) is 53.6 Å². The van der Waals surface area contributed by atoms with Crippen LogP contribution in [0.3, 0.4) is 0 Å². The Hall–Kier alpha value is -2.98. The molecule has 0 aliphatic carbocycles. The van der Waals surface area contributed by atoms with Crippen molar-refractivity contribution in [2.24, 2.45) is 0 Å². The van der Waals surface area contributed by atoms with Gasteiger partial charge in [-0.25, -0.2) is 8.42 Å². The minimum absolute atomic E-state index is 0.0502. The van der Waals surface area contributed by atoms with Gasteiger partial charge in [0.1, 0.15) is 10.6 Å². The molecule has 2 aromatic rings. The Bertz CT molecular complexity index is 913. The number of sulfonamides is 1. The molecule has 0 atom stereocenters. The average Bonchev–Trinajstić information content (AvgIpc) is 2.60. The molecule has 6 nitrogen and oxygen atoms in total. The molecule has 0 heterocycles. The van der Waals surface area contributed by atoms with Gasteiger partial charge in [-0.1, -0.05) is 23.6 Å². The molecule has 1 amide bonds. The number of carbonyl (C=O) groups is 1. The van der Waals surface area contributed by atoms with Crippen molar-refractivity contribution in [1.82, 2.24) is 5.32 Å². The van der Waals surface area contributed by atoms with Gasteiger partial charge in [0.25, 0.3) is 15.9 Å². The van der Waals surface area contributed by atoms with Crippen molar-refractivity contribution in [3.63, 3.8) is 0 Å². The van der Waals surface area contributed by atoms with E-state index >= 15 is 0 Å². The predicted octanol–water partition coefficient (Wildman–Crippen LogP) is 2.17. The van der Waals surface area contributed by atoms with Gasteiger partial charge in [0.05, 0.1) is 13.7 Å². The number of benzene rings is 2. The first-order valence-corrected chi connectivity index (χ1v) is 8.85. The number of methoxy groups -OCH3 is 1. The molecule has 0 aliphatic rings. The zero-order valence-corrected chi connectivity index (χ0v) is 14.7. The van der Waals surface area contributed by atoms with Gasteiger partial charge in [0, 0.05) is 11.3 Å². The third-order valence-corrected chi connectivity index (χ3v) is 4.77. The van der Waals surface area contributed by atoms with Gasteiger partial charge in [-0.15, -0.1) is 6.42 Å². The number of aryl methyl sites for hydroxylation is 1. The summed E-state index contributed by atoms with van der Waals surface area (Å²) in [5, 5.41) is 2.49. The summed E-state index contributed by atoms with van der Waals surface area (Å²) in [6.07, 6.45) is 5.11. The fourth-order valence-electron chi connectivity index (χ4n) is 2.09. The van der Waals surface area contributed by atoms with E-state index in [9.17, 15) is 13.2 Å². The number of nitrogens with one attached hydrogen (secondary N) is 2. The van der Waals surface area contributed by atoms with Crippen LogP contribution < -0.4 is 14.8 Å². The first-order valence-electron chi connectivity index (χ1n) is 7.36. The summed E-state index contributed by atoms with van der Waals surface area (Å²) in [6, 6.07) is 11.0. The first-order chi connectivity index (χ1) is 11.9. The average molecular weight is 358 g/mol. The number of rotatable bonds is 6. The van der Waals surface area contributed by atoms with Crippen molar-refractivity contribution in [2.45, 2.75) is 11.8 Å². The summed E-state index contributed by atoms with van der Waals surface area (Å²) >= 11 is 0. The molecule has 0 saturated heterocycles. The summed E-state index contributed by atoms with van der Waals surface area (Å²) in [4.78, 5) is 11.9. The Balaban J connectivity index is 2.39. The van der Waals surface area contributed by atoms with E-state index in [2.05, 4.69) is 16.0 Å². The summed E-state index contributed by atoms with van der Waals surface area (Å²) in [5.74, 6) is 1.95. The second-order valence-corrected chi connectivity index (χ2v) is 6.87. The van der Waals surface area contributed by atoms with E-state index in [1.165, 1.54) is 25.3 Å². The van der Waals surface area contributed by atoms with Crippen LogP contribution in [0.15, 0.2) is 47.4 Å². The molecule has 0 bridgehead atoms. The number of carbonyl (C=O) groups excluding carboxylic acids is 1. The Labute approximate surface area is 147 Å². The largest absolute Gasteiger partial charge is 0.495 e. The van der Waals surface area contributed by atoms with Gasteiger partial charge in [0.15, 0.2) is 0 Å². The zero-order chi connectivity index (χ0) is 18.4. The summed E-state index contributed by atoms with van der Waals surface area (Å²) in [6.45, 7) is 1.95. The van der Waals surface area contributed by atoms with Crippen LogP contribution >= 0.6 is 0 Å². The molecule has 0 fully saturated rings. The van der Waals surface area contributed by atoms with E-state index in [4.69, 9.17) is 11.2 Å². The second kappa shape index (κ2) is 7.73. The number of anilines is 1. The fourth-order valence-corrected chi connectivity index (χ4v) is 3.35. The number of terminal acetylenes is 1. The smallest absolute Gasteiger partial charge is 0.265 e. The third kappa shape index (κ3) is 4.52. The highest BCUT2D eigenvalue weighted by Crippen LogP contribution is 2.27. The standard InChI is InChI=1S/C18H18N2O4S/c1-4-11-19-18(21)14-7-10-16(24-3)17(12-14)25(22,23)20-15-8-5-13(2)6-9-15/h1,5-10,12,20H,11H2,2-3H3,(H,19,21). The monoisotopic (exact) mass is 358 g/mol. The minimum Gasteiger partial charge on any atom is -0.495 e. The highest BCUT2D eigenvalue weighted by atomic mass is 32.2. The molecular formula is C18H18N2O4S. The Morgan fingerprint density at radius 1 is 1.20 bits per heavy atom. The quantitative estimate of drug-likeness (QED) is 0.775. The van der Waals surface area contributed by atoms with Gasteiger partial charge in [-0.05, 0) is 37.3 Å². The van der Waals surface area contributed by atoms with Crippen LogP contribution in [0.25, 0.3) is 0 Å². The van der Waals surface area contributed by atoms with E-state index in [-0.39, 0.29) is 22.8 Å². The molecule has 2 aromatic carbocycles. The van der Waals surface area contributed by atoms with E-state index in [1.54, 1.807) is 24.3 Å². The Morgan fingerprint density at radius 2 is 1.88 bits per heavy atom. The van der Waals surface area contributed by atoms with Crippen LogP contribution in [0.5, 0.6) is 5.75 Å². The molecule has 0 unspecified atom stereocenters. The Kier molecular flexibility index (Phi) is 5.67. The molecule has 130 valence electrons. The van der Waals surface area contributed by atoms with E-state index < -0.39 is 15.9 Å². The minimum atomic E-state index is -3.94. The maximum atomic E-state index is 12.7. The summed E-state index contributed by atoms with van der Waals surface area (Å²) < 4.78 is 33.0. The molecule has 0 radical (unpaired) electrons. The molecule has 2 N–H and O–H groups in total. The van der Waals surface area contributed by atoms with Gasteiger partial charge in [-0.2, -0.15) is 0 Å². The number of ether oxygens (including phenoxy) is 1. The summed E-state index contributed by atoms with van der Waals surface area (Å²) in [5.41, 5.74) is 1.59. The van der Waals surface area contributed by atoms with E-state index in [0.29, 0.717) is 5.69 Å². The highest BCUT2D eigenvalue weighted by Gasteiger charge is 2.22. The lowest BCUT2D eigenvalue weighted by Gasteiger charge is -2.13. The lowest BCUT2D eigenvalue weighted by atomic mass is 10.2. The normalized spacial score (nSPS) is 10.6. The van der Waals surface area contributed by atoms with Crippen molar-refractivity contribution in [2.75, 3.05) is 18.4 Å². The lowest BCUT2D eigenvalue weighted by Crippen LogP contribution is -2.24. The molecule has 0 aliphatic heterocycles. The first kappa shape index (κ1) is 18.4. The molecular weight excluding hydrogens is 340 g/mol. The maximum Gasteiger partial charge on any atom is 0.265 e. The van der Waals surface area contributed by atoms with Gasteiger partial charge in [-0.3, -0.25) is 9.52 Å². The van der Waals surface area contributed by atoms with Crippen LogP contribution in [0.1, 0.15) is 15.9 Å². The fraction of sp³-hybridized carbons (Fsp3) is 0.167. The van der Waals surface area contributed by atoms with Crippen molar-refractivity contribution >= 4 is 21.6 Å². The van der Waals surface area contributed by atoms with Crippen LogP contribution in [-0.2, 0) is 10.0 Å². The molecule has 2 rings (SSSR count). The van der Waals surface area contributed by atoms with Crippen LogP contribution in [-0.4, -0.2) is 28.0 Å². The highest BCUT2D eigenvalue weighted by molar-refractivity contribution is 7.92. The van der Waals surface area contributed by atoms with Crippen LogP contribution in [0.4, 0.5) is 5.69 Å². The molecule has 7 heteroatoms. The SMILES string of the molecule is C#CCNC(=O)c1ccc(OC)c(S(=O)(=O)Nc2ccc(C)cc2)c1. The number of hydrogen-bond acceptors (Lipinski definition) is 4. The third-order valence-electron chi connectivity index (χ3n) is 3.37. The second-order valence-electron chi connectivity index (χ2n) is 5.22. The molecule has 0 spiro atoms. The topological polar surface area (TPSA) is 84.5 Å². The van der Waals surface area contributed by atoms with Crippen molar-refractivity contribution in [3.8, 4) is 18.1 Å². The van der Waals surface area contributed by atoms with Crippen LogP contribution in [0.2, 0.25) is 0 Å². The van der Waals surface area contributed by atoms with Crippen LogP contribution in [0, 0.1) is 19.3 Å². The Morgan fingerprint density at radius 3 is 2.48 bits per heavy atom. The van der Waals surface area contributed by atoms with Gasteiger partial charge in [0.2, 0.25) is 0 Å². The van der Waals surface area contributed by atoms with Crippen molar-refractivity contribution < 1.29 is 17.9 Å². The van der Waals surface area contributed by atoms with Gasteiger partial charge >= 0.3 is 0 Å². The molecule has 0 aromatic heterocycles. The van der Waals surface area contributed by atoms with E-state index in [1.807, 2.05) is 6.92 Å². The zero-order valence-electron chi connectivity index (χ0n) is 13.9. The van der Waals surface area contributed by atoms with Gasteiger partial charge < -0.3 is 10.1 Å². The predicted molar refractivity (Wildman–Crippen MR) is 96.1 cm³/mol. The summed E-state index contributed by atoms with van der Waals surface area (Å²) in [7, 11) is -2.58. The lowest BCUT2D eigenvalue weighted by molar-refractivity contribution is 0.0958. The molecule has 25 heavy (non-hydrogen) atoms. The maximum absolute atomic E-state index is 12.7. The van der Waals surface area contributed by atoms with Crippen molar-refractivity contribution in [1.29, 1.82) is 0 Å². The number of hydrogen-bond donors (Lipinski definition) is 2. The number of amides is 1. The van der Waals surface area contributed by atoms with E-state index in [0.717, 1.165) is 5.56 Å².